The van der Waals surface area contributed by atoms with Crippen LogP contribution in [0, 0.1) is 12.7 Å². The largest absolute Gasteiger partial charge is 0.423 e. The van der Waals surface area contributed by atoms with Crippen LogP contribution in [-0.4, -0.2) is 14.2 Å². The van der Waals surface area contributed by atoms with Crippen molar-refractivity contribution in [1.82, 2.24) is 14.2 Å². The first-order valence-electron chi connectivity index (χ1n) is 7.39. The van der Waals surface area contributed by atoms with Crippen LogP contribution >= 0.6 is 11.6 Å². The summed E-state index contributed by atoms with van der Waals surface area (Å²) in [6, 6.07) is 11.9. The summed E-state index contributed by atoms with van der Waals surface area (Å²) in [7, 11) is 0. The third-order valence-corrected chi connectivity index (χ3v) is 4.36. The zero-order valence-electron chi connectivity index (χ0n) is 12.8. The molecule has 1 N–H and O–H groups in total. The molecule has 4 rings (SSSR count). The number of hydrogen-bond donors (Lipinski definition) is 0. The van der Waals surface area contributed by atoms with Gasteiger partial charge >= 0.3 is 5.69 Å². The van der Waals surface area contributed by atoms with E-state index in [2.05, 4.69) is 10.1 Å². The van der Waals surface area contributed by atoms with Crippen LogP contribution in [0.15, 0.2) is 47.3 Å². The number of aromatic amines is 1. The highest BCUT2D eigenvalue weighted by molar-refractivity contribution is 6.31. The number of nitrogens with zero attached hydrogens (tertiary/aromatic N) is 3. The Hall–Kier alpha value is -2.73. The molecule has 0 atom stereocenters. The van der Waals surface area contributed by atoms with Gasteiger partial charge in [-0.25, -0.2) is 14.2 Å². The zero-order valence-corrected chi connectivity index (χ0v) is 13.5. The number of aromatic nitrogens is 4. The number of halogens is 2. The summed E-state index contributed by atoms with van der Waals surface area (Å²) in [6.45, 7) is 1.80. The minimum atomic E-state index is -0.443. The molecule has 0 bridgehead atoms. The normalized spacial score (nSPS) is 11.5. The van der Waals surface area contributed by atoms with Gasteiger partial charge in [0, 0.05) is 17.5 Å². The van der Waals surface area contributed by atoms with Gasteiger partial charge in [0.15, 0.2) is 0 Å². The van der Waals surface area contributed by atoms with Crippen molar-refractivity contribution in [2.75, 3.05) is 0 Å². The molecule has 0 saturated heterocycles. The van der Waals surface area contributed by atoms with Crippen LogP contribution in [0.2, 0.25) is 5.02 Å². The molecule has 0 saturated carbocycles. The minimum Gasteiger partial charge on any atom is -0.273 e. The zero-order chi connectivity index (χ0) is 16.8. The minimum absolute atomic E-state index is 0.0275. The fraction of sp³-hybridized carbons (Fsp3) is 0.118. The van der Waals surface area contributed by atoms with Gasteiger partial charge in [0.25, 0.3) is 11.5 Å². The molecule has 0 amide bonds. The molecule has 120 valence electrons. The number of para-hydroxylation sites is 1. The topological polar surface area (TPSA) is 53.4 Å². The average molecular weight is 344 g/mol. The lowest BCUT2D eigenvalue weighted by atomic mass is 10.2. The Balaban J connectivity index is 2.07. The molecule has 2 aromatic heterocycles. The highest BCUT2D eigenvalue weighted by Gasteiger charge is 2.21. The standard InChI is InChI=1S/C17H12ClFN4O/c1-10-20-16-11-5-2-3-8-15(11)22(17(24)23(16)21-10)9-12-13(18)6-4-7-14(12)19/h2-8H,9H2,1H3/p+1. The molecule has 24 heavy (non-hydrogen) atoms. The number of hydrogen-bond acceptors (Lipinski definition) is 2. The number of fused-ring (bicyclic) bond motifs is 3. The van der Waals surface area contributed by atoms with E-state index >= 15 is 0 Å². The van der Waals surface area contributed by atoms with E-state index in [1.54, 1.807) is 13.0 Å². The molecule has 2 heterocycles. The lowest BCUT2D eigenvalue weighted by molar-refractivity contribution is -0.355. The predicted octanol–water partition coefficient (Wildman–Crippen LogP) is 2.61. The van der Waals surface area contributed by atoms with E-state index in [9.17, 15) is 9.18 Å². The maximum atomic E-state index is 14.2. The molecule has 0 aliphatic carbocycles. The first kappa shape index (κ1) is 14.8. The molecule has 2 aromatic carbocycles. The molecule has 0 spiro atoms. The van der Waals surface area contributed by atoms with Crippen molar-refractivity contribution in [3.63, 3.8) is 0 Å². The van der Waals surface area contributed by atoms with Crippen molar-refractivity contribution >= 4 is 28.2 Å². The molecular formula is C17H13ClFN4O+. The summed E-state index contributed by atoms with van der Waals surface area (Å²) in [5.41, 5.74) is 1.22. The number of H-pyrrole nitrogens is 1. The van der Waals surface area contributed by atoms with E-state index in [1.165, 1.54) is 21.2 Å². The van der Waals surface area contributed by atoms with Crippen molar-refractivity contribution in [3.05, 3.63) is 75.2 Å². The second kappa shape index (κ2) is 5.42. The Bertz CT molecular complexity index is 1130. The molecule has 5 nitrogen and oxygen atoms in total. The van der Waals surface area contributed by atoms with Gasteiger partial charge in [-0.15, -0.1) is 0 Å². The Kier molecular flexibility index (Phi) is 3.35. The highest BCUT2D eigenvalue weighted by Crippen LogP contribution is 2.22. The lowest BCUT2D eigenvalue weighted by Crippen LogP contribution is -2.29. The van der Waals surface area contributed by atoms with E-state index in [0.717, 1.165) is 5.39 Å². The SMILES string of the molecule is Cc1nn2c(=O)n(Cc3c(F)cccc3Cl)c3ccccc3c2[nH+]1. The highest BCUT2D eigenvalue weighted by atomic mass is 35.5. The van der Waals surface area contributed by atoms with E-state index in [1.807, 2.05) is 24.3 Å². The first-order chi connectivity index (χ1) is 11.6. The van der Waals surface area contributed by atoms with Gasteiger partial charge < -0.3 is 0 Å². The van der Waals surface area contributed by atoms with Crippen LogP contribution in [0.3, 0.4) is 0 Å². The van der Waals surface area contributed by atoms with Crippen LogP contribution < -0.4 is 10.7 Å². The second-order valence-electron chi connectivity index (χ2n) is 5.56. The van der Waals surface area contributed by atoms with Gasteiger partial charge in [-0.3, -0.25) is 4.57 Å². The molecule has 0 fully saturated rings. The number of benzene rings is 2. The number of rotatable bonds is 2. The Labute approximate surface area is 140 Å². The Morgan fingerprint density at radius 1 is 1.21 bits per heavy atom. The van der Waals surface area contributed by atoms with Gasteiger partial charge in [0.2, 0.25) is 0 Å². The summed E-state index contributed by atoms with van der Waals surface area (Å²) >= 11 is 6.12. The maximum absolute atomic E-state index is 14.2. The molecule has 0 radical (unpaired) electrons. The van der Waals surface area contributed by atoms with E-state index in [4.69, 9.17) is 11.6 Å². The molecular weight excluding hydrogens is 331 g/mol. The summed E-state index contributed by atoms with van der Waals surface area (Å²) < 4.78 is 16.9. The van der Waals surface area contributed by atoms with Gasteiger partial charge in [-0.05, 0) is 28.8 Å². The van der Waals surface area contributed by atoms with Crippen LogP contribution in [0.4, 0.5) is 4.39 Å². The summed E-state index contributed by atoms with van der Waals surface area (Å²) in [5.74, 6) is 0.181. The molecule has 0 unspecified atom stereocenters. The summed E-state index contributed by atoms with van der Waals surface area (Å²) in [6.07, 6.45) is 0. The van der Waals surface area contributed by atoms with Gasteiger partial charge in [-0.1, -0.05) is 29.8 Å². The summed E-state index contributed by atoms with van der Waals surface area (Å²) in [5, 5.41) is 5.32. The van der Waals surface area contributed by atoms with Gasteiger partial charge in [0.05, 0.1) is 22.5 Å². The third-order valence-electron chi connectivity index (χ3n) is 4.00. The predicted molar refractivity (Wildman–Crippen MR) is 88.8 cm³/mol. The van der Waals surface area contributed by atoms with Crippen molar-refractivity contribution in [2.24, 2.45) is 0 Å². The van der Waals surface area contributed by atoms with E-state index in [-0.39, 0.29) is 22.8 Å². The monoisotopic (exact) mass is 343 g/mol. The summed E-state index contributed by atoms with van der Waals surface area (Å²) in [4.78, 5) is 16.0. The third kappa shape index (κ3) is 2.18. The lowest BCUT2D eigenvalue weighted by Gasteiger charge is -2.10. The number of aryl methyl sites for hydroxylation is 1. The fourth-order valence-corrected chi connectivity index (χ4v) is 3.11. The van der Waals surface area contributed by atoms with Crippen molar-refractivity contribution in [2.45, 2.75) is 13.5 Å². The van der Waals surface area contributed by atoms with Crippen LogP contribution in [0.25, 0.3) is 16.6 Å². The molecule has 7 heteroatoms. The fourth-order valence-electron chi connectivity index (χ4n) is 2.89. The maximum Gasteiger partial charge on any atom is 0.423 e. The van der Waals surface area contributed by atoms with Gasteiger partial charge in [-0.2, -0.15) is 0 Å². The van der Waals surface area contributed by atoms with Crippen LogP contribution in [-0.2, 0) is 6.54 Å². The molecule has 0 aliphatic heterocycles. The second-order valence-corrected chi connectivity index (χ2v) is 5.96. The quantitative estimate of drug-likeness (QED) is 0.562. The van der Waals surface area contributed by atoms with E-state index < -0.39 is 5.82 Å². The van der Waals surface area contributed by atoms with Gasteiger partial charge in [0.1, 0.15) is 5.82 Å². The number of nitrogens with one attached hydrogen (secondary N) is 1. The average Bonchev–Trinajstić information content (AvgIpc) is 2.96. The van der Waals surface area contributed by atoms with Crippen LogP contribution in [0.1, 0.15) is 11.4 Å². The van der Waals surface area contributed by atoms with E-state index in [0.29, 0.717) is 17.0 Å². The van der Waals surface area contributed by atoms with Crippen molar-refractivity contribution in [3.8, 4) is 0 Å². The molecule has 4 aromatic rings. The van der Waals surface area contributed by atoms with Crippen LogP contribution in [0.5, 0.6) is 0 Å². The first-order valence-corrected chi connectivity index (χ1v) is 7.77. The Morgan fingerprint density at radius 3 is 2.79 bits per heavy atom. The van der Waals surface area contributed by atoms with Crippen molar-refractivity contribution < 1.29 is 9.37 Å². The molecule has 0 aliphatic rings. The smallest absolute Gasteiger partial charge is 0.273 e. The van der Waals surface area contributed by atoms with Crippen molar-refractivity contribution in [1.29, 1.82) is 0 Å². The Morgan fingerprint density at radius 2 is 2.00 bits per heavy atom.